The number of para-hydroxylation sites is 1. The van der Waals surface area contributed by atoms with E-state index in [1.807, 2.05) is 37.3 Å². The molecule has 1 atom stereocenters. The van der Waals surface area contributed by atoms with Gasteiger partial charge in [-0.05, 0) is 31.5 Å². The number of hydrogen-bond donors (Lipinski definition) is 1. The summed E-state index contributed by atoms with van der Waals surface area (Å²) < 4.78 is 5.37. The maximum absolute atomic E-state index is 13.0. The Morgan fingerprint density at radius 3 is 2.75 bits per heavy atom. The second-order valence-electron chi connectivity index (χ2n) is 6.94. The van der Waals surface area contributed by atoms with E-state index < -0.39 is 16.1 Å². The van der Waals surface area contributed by atoms with Crippen LogP contribution in [0.3, 0.4) is 0 Å². The monoisotopic (exact) mass is 456 g/mol. The van der Waals surface area contributed by atoms with Gasteiger partial charge in [-0.3, -0.25) is 24.6 Å². The maximum Gasteiger partial charge on any atom is 0.271 e. The molecule has 2 aromatic rings. The first-order valence-electron chi connectivity index (χ1n) is 10.2. The van der Waals surface area contributed by atoms with Gasteiger partial charge < -0.3 is 10.1 Å². The number of benzene rings is 2. The minimum absolute atomic E-state index is 0.0675. The zero-order valence-corrected chi connectivity index (χ0v) is 18.4. The van der Waals surface area contributed by atoms with E-state index in [1.54, 1.807) is 11.0 Å². The van der Waals surface area contributed by atoms with Crippen LogP contribution in [0.2, 0.25) is 0 Å². The number of hydrogen-bond acceptors (Lipinski definition) is 7. The van der Waals surface area contributed by atoms with E-state index >= 15 is 0 Å². The lowest BCUT2D eigenvalue weighted by molar-refractivity contribution is -0.384. The third-order valence-electron chi connectivity index (χ3n) is 4.59. The fraction of sp³-hybridized carbons (Fsp3) is 0.318. The summed E-state index contributed by atoms with van der Waals surface area (Å²) >= 11 is 1.25. The Kier molecular flexibility index (Phi) is 8.34. The van der Waals surface area contributed by atoms with Gasteiger partial charge in [-0.1, -0.05) is 36.0 Å². The second kappa shape index (κ2) is 11.4. The molecule has 168 valence electrons. The summed E-state index contributed by atoms with van der Waals surface area (Å²) in [5.74, 6) is -0.582. The number of amides is 2. The molecule has 1 aliphatic rings. The molecule has 10 heteroatoms. The van der Waals surface area contributed by atoms with Crippen LogP contribution in [-0.2, 0) is 14.3 Å². The average molecular weight is 457 g/mol. The number of carbonyl (C=O) groups excluding carboxylic acids is 2. The van der Waals surface area contributed by atoms with Gasteiger partial charge in [-0.15, -0.1) is 0 Å². The Morgan fingerprint density at radius 1 is 1.25 bits per heavy atom. The van der Waals surface area contributed by atoms with Crippen LogP contribution >= 0.6 is 11.8 Å². The SMILES string of the molecule is CCOCCCN1C(=O)C(CC(=O)Nc2cccc([N+](=O)[O-])c2)SC1=Nc1ccccc1. The average Bonchev–Trinajstić information content (AvgIpc) is 3.06. The highest BCUT2D eigenvalue weighted by atomic mass is 32.2. The summed E-state index contributed by atoms with van der Waals surface area (Å²) in [5, 5.41) is 13.5. The Morgan fingerprint density at radius 2 is 2.03 bits per heavy atom. The topological polar surface area (TPSA) is 114 Å². The van der Waals surface area contributed by atoms with Gasteiger partial charge in [0.05, 0.1) is 10.6 Å². The lowest BCUT2D eigenvalue weighted by Gasteiger charge is -2.16. The van der Waals surface area contributed by atoms with Crippen molar-refractivity contribution in [1.82, 2.24) is 4.90 Å². The zero-order chi connectivity index (χ0) is 22.9. The van der Waals surface area contributed by atoms with E-state index in [-0.39, 0.29) is 18.0 Å². The van der Waals surface area contributed by atoms with Crippen LogP contribution in [0.4, 0.5) is 17.1 Å². The third-order valence-corrected chi connectivity index (χ3v) is 5.76. The number of anilines is 1. The van der Waals surface area contributed by atoms with Crippen molar-refractivity contribution in [3.8, 4) is 0 Å². The predicted molar refractivity (Wildman–Crippen MR) is 124 cm³/mol. The molecule has 9 nitrogen and oxygen atoms in total. The van der Waals surface area contributed by atoms with Gasteiger partial charge in [-0.25, -0.2) is 4.99 Å². The van der Waals surface area contributed by atoms with E-state index in [2.05, 4.69) is 10.3 Å². The van der Waals surface area contributed by atoms with Crippen LogP contribution < -0.4 is 5.32 Å². The molecule has 2 aromatic carbocycles. The molecule has 1 saturated heterocycles. The van der Waals surface area contributed by atoms with Crippen molar-refractivity contribution in [2.75, 3.05) is 25.1 Å². The molecule has 0 saturated carbocycles. The highest BCUT2D eigenvalue weighted by Crippen LogP contribution is 2.32. The van der Waals surface area contributed by atoms with Gasteiger partial charge in [0.1, 0.15) is 5.25 Å². The number of carbonyl (C=O) groups is 2. The summed E-state index contributed by atoms with van der Waals surface area (Å²) in [6.45, 7) is 3.49. The van der Waals surface area contributed by atoms with Crippen LogP contribution in [0.15, 0.2) is 59.6 Å². The number of nitrogens with zero attached hydrogens (tertiary/aromatic N) is 3. The maximum atomic E-state index is 13.0. The van der Waals surface area contributed by atoms with E-state index in [9.17, 15) is 19.7 Å². The molecule has 0 bridgehead atoms. The van der Waals surface area contributed by atoms with Crippen LogP contribution in [0, 0.1) is 10.1 Å². The molecule has 0 aliphatic carbocycles. The zero-order valence-electron chi connectivity index (χ0n) is 17.6. The molecule has 0 radical (unpaired) electrons. The van der Waals surface area contributed by atoms with Gasteiger partial charge in [0.2, 0.25) is 11.8 Å². The van der Waals surface area contributed by atoms with Gasteiger partial charge in [0.25, 0.3) is 5.69 Å². The molecule has 0 aromatic heterocycles. The van der Waals surface area contributed by atoms with Crippen molar-refractivity contribution in [2.45, 2.75) is 25.0 Å². The number of amidine groups is 1. The van der Waals surface area contributed by atoms with Crippen molar-refractivity contribution < 1.29 is 19.2 Å². The quantitative estimate of drug-likeness (QED) is 0.329. The number of nitrogens with one attached hydrogen (secondary N) is 1. The largest absolute Gasteiger partial charge is 0.382 e. The third kappa shape index (κ3) is 6.38. The molecule has 1 heterocycles. The normalized spacial score (nSPS) is 17.0. The first kappa shape index (κ1) is 23.4. The van der Waals surface area contributed by atoms with Crippen molar-refractivity contribution in [1.29, 1.82) is 0 Å². The van der Waals surface area contributed by atoms with Crippen molar-refractivity contribution >= 4 is 45.8 Å². The summed E-state index contributed by atoms with van der Waals surface area (Å²) in [6, 6.07) is 15.0. The molecule has 1 aliphatic heterocycles. The minimum atomic E-state index is -0.622. The van der Waals surface area contributed by atoms with Crippen molar-refractivity contribution in [3.63, 3.8) is 0 Å². The number of ether oxygens (including phenoxy) is 1. The molecule has 1 unspecified atom stereocenters. The first-order chi connectivity index (χ1) is 15.5. The molecular weight excluding hydrogens is 432 g/mol. The van der Waals surface area contributed by atoms with Gasteiger partial charge in [-0.2, -0.15) is 0 Å². The molecule has 32 heavy (non-hydrogen) atoms. The van der Waals surface area contributed by atoms with Gasteiger partial charge in [0.15, 0.2) is 5.17 Å². The van der Waals surface area contributed by atoms with Gasteiger partial charge in [0, 0.05) is 44.0 Å². The van der Waals surface area contributed by atoms with Crippen molar-refractivity contribution in [3.05, 3.63) is 64.7 Å². The van der Waals surface area contributed by atoms with E-state index in [4.69, 9.17) is 4.74 Å². The molecule has 3 rings (SSSR count). The standard InChI is InChI=1S/C22H24N4O5S/c1-2-31-13-7-12-25-21(28)19(32-22(25)24-16-8-4-3-5-9-16)15-20(27)23-17-10-6-11-18(14-17)26(29)30/h3-6,8-11,14,19H,2,7,12-13,15H2,1H3,(H,23,27). The van der Waals surface area contributed by atoms with Crippen LogP contribution in [0.25, 0.3) is 0 Å². The summed E-state index contributed by atoms with van der Waals surface area (Å²) in [6.07, 6.45) is 0.586. The molecule has 1 N–H and O–H groups in total. The highest BCUT2D eigenvalue weighted by Gasteiger charge is 2.38. The van der Waals surface area contributed by atoms with E-state index in [0.29, 0.717) is 37.0 Å². The summed E-state index contributed by atoms with van der Waals surface area (Å²) in [7, 11) is 0. The Balaban J connectivity index is 1.69. The molecule has 1 fully saturated rings. The lowest BCUT2D eigenvalue weighted by atomic mass is 10.2. The summed E-state index contributed by atoms with van der Waals surface area (Å²) in [4.78, 5) is 42.2. The smallest absolute Gasteiger partial charge is 0.271 e. The van der Waals surface area contributed by atoms with E-state index in [1.165, 1.54) is 30.0 Å². The molecular formula is C22H24N4O5S. The van der Waals surface area contributed by atoms with Crippen LogP contribution in [0.1, 0.15) is 19.8 Å². The number of rotatable bonds is 10. The van der Waals surface area contributed by atoms with Crippen LogP contribution in [-0.4, -0.2) is 51.8 Å². The minimum Gasteiger partial charge on any atom is -0.382 e. The Labute approximate surface area is 190 Å². The van der Waals surface area contributed by atoms with Crippen LogP contribution in [0.5, 0.6) is 0 Å². The van der Waals surface area contributed by atoms with E-state index in [0.717, 1.165) is 5.69 Å². The second-order valence-corrected chi connectivity index (χ2v) is 8.11. The highest BCUT2D eigenvalue weighted by molar-refractivity contribution is 8.15. The number of nitro groups is 1. The predicted octanol–water partition coefficient (Wildman–Crippen LogP) is 3.98. The lowest BCUT2D eigenvalue weighted by Crippen LogP contribution is -2.34. The Hall–Kier alpha value is -3.24. The molecule has 2 amide bonds. The van der Waals surface area contributed by atoms with Crippen molar-refractivity contribution in [2.24, 2.45) is 4.99 Å². The number of non-ortho nitro benzene ring substituents is 1. The number of nitro benzene ring substituents is 1. The Bertz CT molecular complexity index is 999. The molecule has 0 spiro atoms. The number of thioether (sulfide) groups is 1. The summed E-state index contributed by atoms with van der Waals surface area (Å²) in [5.41, 5.74) is 0.914. The first-order valence-corrected chi connectivity index (χ1v) is 11.1. The van der Waals surface area contributed by atoms with Gasteiger partial charge >= 0.3 is 0 Å². The number of aliphatic imine (C=N–C) groups is 1. The fourth-order valence-corrected chi connectivity index (χ4v) is 4.27. The fourth-order valence-electron chi connectivity index (χ4n) is 3.09.